The molecule has 9 heteroatoms. The molecule has 1 aromatic heterocycles. The largest absolute Gasteiger partial charge is 0.416 e. The van der Waals surface area contributed by atoms with Crippen LogP contribution in [0.4, 0.5) is 23.7 Å². The molecule has 1 saturated heterocycles. The molecule has 28 heavy (non-hydrogen) atoms. The van der Waals surface area contributed by atoms with E-state index in [0.29, 0.717) is 37.0 Å². The van der Waals surface area contributed by atoms with Crippen molar-refractivity contribution in [2.75, 3.05) is 18.4 Å². The number of anilines is 1. The summed E-state index contributed by atoms with van der Waals surface area (Å²) in [5.41, 5.74) is -0.403. The molecule has 1 unspecified atom stereocenters. The summed E-state index contributed by atoms with van der Waals surface area (Å²) in [6.45, 7) is 1.16. The minimum atomic E-state index is -4.39. The summed E-state index contributed by atoms with van der Waals surface area (Å²) in [5, 5.41) is 6.69. The van der Waals surface area contributed by atoms with Crippen LogP contribution < -0.4 is 5.32 Å². The summed E-state index contributed by atoms with van der Waals surface area (Å²) in [4.78, 5) is 18.6. The fourth-order valence-corrected chi connectivity index (χ4v) is 3.47. The lowest BCUT2D eigenvalue weighted by atomic mass is 9.95. The van der Waals surface area contributed by atoms with Gasteiger partial charge in [0.25, 0.3) is 0 Å². The Balaban J connectivity index is 1.32. The van der Waals surface area contributed by atoms with Gasteiger partial charge in [-0.05, 0) is 55.9 Å². The lowest BCUT2D eigenvalue weighted by Gasteiger charge is -2.32. The minimum Gasteiger partial charge on any atom is -0.339 e. The number of hydrogen-bond acceptors (Lipinski definition) is 4. The van der Waals surface area contributed by atoms with Gasteiger partial charge in [-0.15, -0.1) is 0 Å². The third kappa shape index (κ3) is 4.45. The monoisotopic (exact) mass is 394 g/mol. The first-order chi connectivity index (χ1) is 13.4. The third-order valence-electron chi connectivity index (χ3n) is 5.16. The van der Waals surface area contributed by atoms with Gasteiger partial charge in [0.2, 0.25) is 5.89 Å². The normalized spacial score (nSPS) is 20.2. The van der Waals surface area contributed by atoms with Crippen LogP contribution in [0.5, 0.6) is 0 Å². The number of aromatic nitrogens is 2. The van der Waals surface area contributed by atoms with Crippen molar-refractivity contribution < 1.29 is 22.5 Å². The molecular weight excluding hydrogens is 373 g/mol. The number of hydrogen-bond donors (Lipinski definition) is 1. The van der Waals surface area contributed by atoms with E-state index in [9.17, 15) is 18.0 Å². The molecule has 150 valence electrons. The summed E-state index contributed by atoms with van der Waals surface area (Å²) in [6, 6.07) is 4.14. The highest BCUT2D eigenvalue weighted by Crippen LogP contribution is 2.38. The van der Waals surface area contributed by atoms with Crippen molar-refractivity contribution in [2.24, 2.45) is 5.92 Å². The standard InChI is InChI=1S/C19H21F3N4O2/c20-19(21,22)14-5-7-15(8-6-14)23-18(27)26-9-1-2-12(11-26)10-16-24-17(25-28-16)13-3-4-13/h5-8,12-13H,1-4,9-11H2,(H,23,27). The van der Waals surface area contributed by atoms with Crippen molar-refractivity contribution in [3.05, 3.63) is 41.5 Å². The van der Waals surface area contributed by atoms with Crippen LogP contribution >= 0.6 is 0 Å². The fourth-order valence-electron chi connectivity index (χ4n) is 3.47. The SMILES string of the molecule is O=C(Nc1ccc(C(F)(F)F)cc1)N1CCCC(Cc2nc(C3CC3)no2)C1. The van der Waals surface area contributed by atoms with E-state index in [-0.39, 0.29) is 11.9 Å². The molecule has 2 fully saturated rings. The van der Waals surface area contributed by atoms with Crippen LogP contribution in [0.1, 0.15) is 48.9 Å². The second-order valence-corrected chi connectivity index (χ2v) is 7.48. The molecule has 1 aromatic carbocycles. The second-order valence-electron chi connectivity index (χ2n) is 7.48. The molecule has 1 N–H and O–H groups in total. The number of carbonyl (C=O) groups excluding carboxylic acids is 1. The summed E-state index contributed by atoms with van der Waals surface area (Å²) in [7, 11) is 0. The molecule has 2 amide bonds. The molecule has 0 bridgehead atoms. The first-order valence-corrected chi connectivity index (χ1v) is 9.44. The molecular formula is C19H21F3N4O2. The molecule has 0 radical (unpaired) electrons. The van der Waals surface area contributed by atoms with E-state index in [1.54, 1.807) is 4.90 Å². The van der Waals surface area contributed by atoms with Gasteiger partial charge in [-0.2, -0.15) is 18.2 Å². The Kier molecular flexibility index (Phi) is 4.99. The first-order valence-electron chi connectivity index (χ1n) is 9.44. The Bertz CT molecular complexity index is 830. The molecule has 1 atom stereocenters. The van der Waals surface area contributed by atoms with Gasteiger partial charge < -0.3 is 14.7 Å². The number of piperidine rings is 1. The zero-order chi connectivity index (χ0) is 19.7. The zero-order valence-electron chi connectivity index (χ0n) is 15.2. The van der Waals surface area contributed by atoms with E-state index >= 15 is 0 Å². The summed E-state index contributed by atoms with van der Waals surface area (Å²) in [5.74, 6) is 2.05. The maximum Gasteiger partial charge on any atom is 0.416 e. The topological polar surface area (TPSA) is 71.3 Å². The zero-order valence-corrected chi connectivity index (χ0v) is 15.2. The van der Waals surface area contributed by atoms with Crippen LogP contribution in [-0.4, -0.2) is 34.2 Å². The van der Waals surface area contributed by atoms with Crippen molar-refractivity contribution in [1.29, 1.82) is 0 Å². The van der Waals surface area contributed by atoms with Crippen LogP contribution in [0, 0.1) is 5.92 Å². The van der Waals surface area contributed by atoms with Crippen LogP contribution in [0.25, 0.3) is 0 Å². The molecule has 4 rings (SSSR count). The van der Waals surface area contributed by atoms with Gasteiger partial charge in [-0.1, -0.05) is 5.16 Å². The van der Waals surface area contributed by atoms with Crippen molar-refractivity contribution in [3.63, 3.8) is 0 Å². The average molecular weight is 394 g/mol. The van der Waals surface area contributed by atoms with E-state index in [4.69, 9.17) is 4.52 Å². The Labute approximate surface area is 160 Å². The number of urea groups is 1. The second kappa shape index (κ2) is 7.44. The lowest BCUT2D eigenvalue weighted by molar-refractivity contribution is -0.137. The summed E-state index contributed by atoms with van der Waals surface area (Å²) >= 11 is 0. The molecule has 1 aliphatic heterocycles. The predicted molar refractivity (Wildman–Crippen MR) is 94.7 cm³/mol. The first kappa shape index (κ1) is 18.8. The maximum absolute atomic E-state index is 12.6. The number of carbonyl (C=O) groups is 1. The van der Waals surface area contributed by atoms with Gasteiger partial charge in [0.05, 0.1) is 5.56 Å². The molecule has 2 heterocycles. The van der Waals surface area contributed by atoms with Gasteiger partial charge in [0, 0.05) is 31.1 Å². The van der Waals surface area contributed by atoms with E-state index in [2.05, 4.69) is 15.5 Å². The molecule has 2 aromatic rings. The highest BCUT2D eigenvalue weighted by atomic mass is 19.4. The van der Waals surface area contributed by atoms with E-state index in [0.717, 1.165) is 43.6 Å². The number of rotatable bonds is 4. The molecule has 2 aliphatic rings. The van der Waals surface area contributed by atoms with Crippen molar-refractivity contribution in [2.45, 2.75) is 44.2 Å². The van der Waals surface area contributed by atoms with Gasteiger partial charge in [-0.3, -0.25) is 0 Å². The van der Waals surface area contributed by atoms with Crippen LogP contribution in [0.3, 0.4) is 0 Å². The van der Waals surface area contributed by atoms with Gasteiger partial charge >= 0.3 is 12.2 Å². The Hall–Kier alpha value is -2.58. The van der Waals surface area contributed by atoms with Crippen LogP contribution in [0.15, 0.2) is 28.8 Å². The number of nitrogens with one attached hydrogen (secondary N) is 1. The lowest BCUT2D eigenvalue weighted by Crippen LogP contribution is -2.42. The third-order valence-corrected chi connectivity index (χ3v) is 5.16. The average Bonchev–Trinajstić information content (AvgIpc) is 3.41. The number of amides is 2. The van der Waals surface area contributed by atoms with Crippen molar-refractivity contribution in [3.8, 4) is 0 Å². The molecule has 1 saturated carbocycles. The smallest absolute Gasteiger partial charge is 0.339 e. The summed E-state index contributed by atoms with van der Waals surface area (Å²) in [6.07, 6.45) is 0.279. The van der Waals surface area contributed by atoms with Gasteiger partial charge in [0.1, 0.15) is 0 Å². The number of likely N-dealkylation sites (tertiary alicyclic amines) is 1. The number of benzene rings is 1. The predicted octanol–water partition coefficient (Wildman–Crippen LogP) is 4.45. The van der Waals surface area contributed by atoms with Gasteiger partial charge in [-0.25, -0.2) is 4.79 Å². The molecule has 1 aliphatic carbocycles. The van der Waals surface area contributed by atoms with Crippen molar-refractivity contribution in [1.82, 2.24) is 15.0 Å². The number of nitrogens with zero attached hydrogens (tertiary/aromatic N) is 3. The van der Waals surface area contributed by atoms with Crippen LogP contribution in [-0.2, 0) is 12.6 Å². The highest BCUT2D eigenvalue weighted by molar-refractivity contribution is 5.89. The summed E-state index contributed by atoms with van der Waals surface area (Å²) < 4.78 is 43.2. The number of alkyl halides is 3. The minimum absolute atomic E-state index is 0.222. The highest BCUT2D eigenvalue weighted by Gasteiger charge is 2.31. The van der Waals surface area contributed by atoms with Crippen molar-refractivity contribution >= 4 is 11.7 Å². The molecule has 0 spiro atoms. The maximum atomic E-state index is 12.6. The Morgan fingerprint density at radius 1 is 1.21 bits per heavy atom. The fraction of sp³-hybridized carbons (Fsp3) is 0.526. The Morgan fingerprint density at radius 3 is 2.64 bits per heavy atom. The van der Waals surface area contributed by atoms with E-state index in [1.807, 2.05) is 0 Å². The van der Waals surface area contributed by atoms with Crippen LogP contribution in [0.2, 0.25) is 0 Å². The number of halogens is 3. The quantitative estimate of drug-likeness (QED) is 0.832. The molecule has 6 nitrogen and oxygen atoms in total. The van der Waals surface area contributed by atoms with E-state index < -0.39 is 11.7 Å². The Morgan fingerprint density at radius 2 is 1.96 bits per heavy atom. The van der Waals surface area contributed by atoms with E-state index in [1.165, 1.54) is 12.1 Å². The van der Waals surface area contributed by atoms with Gasteiger partial charge in [0.15, 0.2) is 5.82 Å².